The number of carbonyl (C=O) groups is 1. The van der Waals surface area contributed by atoms with E-state index in [1.54, 1.807) is 0 Å². The molecule has 1 aromatic heterocycles. The van der Waals surface area contributed by atoms with Crippen LogP contribution in [-0.2, 0) is 14.8 Å². The highest BCUT2D eigenvalue weighted by Gasteiger charge is 2.32. The first-order valence-corrected chi connectivity index (χ1v) is 12.2. The number of rotatable bonds is 4. The molecule has 7 nitrogen and oxygen atoms in total. The lowest BCUT2D eigenvalue weighted by molar-refractivity contribution is -0.120. The van der Waals surface area contributed by atoms with E-state index >= 15 is 0 Å². The average molecular weight is 455 g/mol. The zero-order chi connectivity index (χ0) is 22.2. The highest BCUT2D eigenvalue weighted by atomic mass is 32.2. The molecular weight excluding hydrogens is 432 g/mol. The molecule has 1 N–H and O–H groups in total. The maximum absolute atomic E-state index is 12.8. The molecule has 4 rings (SSSR count). The van der Waals surface area contributed by atoms with Crippen LogP contribution in [0.5, 0.6) is 0 Å². The first-order valence-electron chi connectivity index (χ1n) is 9.97. The van der Waals surface area contributed by atoms with Gasteiger partial charge in [-0.1, -0.05) is 17.4 Å². The van der Waals surface area contributed by atoms with Crippen LogP contribution in [0.3, 0.4) is 0 Å². The molecule has 1 fully saturated rings. The van der Waals surface area contributed by atoms with Crippen molar-refractivity contribution in [2.75, 3.05) is 18.4 Å². The van der Waals surface area contributed by atoms with Crippen LogP contribution in [0.25, 0.3) is 10.2 Å². The van der Waals surface area contributed by atoms with Crippen molar-refractivity contribution >= 4 is 42.6 Å². The monoisotopic (exact) mass is 454 g/mol. The second kappa shape index (κ2) is 8.38. The number of piperidine rings is 1. The fourth-order valence-corrected chi connectivity index (χ4v) is 6.23. The Kier molecular flexibility index (Phi) is 5.79. The second-order valence-electron chi connectivity index (χ2n) is 7.75. The molecular formula is C22H22N4O3S2. The van der Waals surface area contributed by atoms with Gasteiger partial charge < -0.3 is 5.32 Å². The Bertz CT molecular complexity index is 1280. The maximum atomic E-state index is 12.8. The molecule has 0 unspecified atom stereocenters. The fraction of sp³-hybridized carbons (Fsp3) is 0.318. The largest absolute Gasteiger partial charge is 0.302 e. The van der Waals surface area contributed by atoms with Gasteiger partial charge >= 0.3 is 0 Å². The van der Waals surface area contributed by atoms with Crippen molar-refractivity contribution in [3.05, 3.63) is 53.1 Å². The van der Waals surface area contributed by atoms with Gasteiger partial charge in [-0.2, -0.15) is 9.57 Å². The number of fused-ring (bicyclic) bond motifs is 1. The number of anilines is 1. The van der Waals surface area contributed by atoms with E-state index in [0.717, 1.165) is 21.3 Å². The third-order valence-electron chi connectivity index (χ3n) is 5.50. The minimum Gasteiger partial charge on any atom is -0.302 e. The molecule has 0 radical (unpaired) electrons. The lowest BCUT2D eigenvalue weighted by atomic mass is 9.97. The molecule has 1 aliphatic heterocycles. The normalized spacial score (nSPS) is 15.6. The van der Waals surface area contributed by atoms with Crippen molar-refractivity contribution < 1.29 is 13.2 Å². The Balaban J connectivity index is 1.40. The number of amides is 1. The number of sulfonamides is 1. The molecule has 9 heteroatoms. The first-order chi connectivity index (χ1) is 14.8. The van der Waals surface area contributed by atoms with Crippen LogP contribution in [0.15, 0.2) is 41.3 Å². The summed E-state index contributed by atoms with van der Waals surface area (Å²) >= 11 is 1.46. The summed E-state index contributed by atoms with van der Waals surface area (Å²) in [6.45, 7) is 4.60. The van der Waals surface area contributed by atoms with E-state index in [0.29, 0.717) is 23.5 Å². The van der Waals surface area contributed by atoms with Gasteiger partial charge in [0.1, 0.15) is 0 Å². The molecule has 0 aliphatic carbocycles. The lowest BCUT2D eigenvalue weighted by Gasteiger charge is -2.30. The van der Waals surface area contributed by atoms with Crippen molar-refractivity contribution in [2.24, 2.45) is 5.92 Å². The van der Waals surface area contributed by atoms with E-state index in [1.807, 2.05) is 26.0 Å². The number of hydrogen-bond donors (Lipinski definition) is 1. The van der Waals surface area contributed by atoms with E-state index in [4.69, 9.17) is 5.26 Å². The minimum atomic E-state index is -3.64. The molecule has 1 saturated heterocycles. The summed E-state index contributed by atoms with van der Waals surface area (Å²) in [5.74, 6) is -0.383. The Morgan fingerprint density at radius 1 is 1.19 bits per heavy atom. The number of nitriles is 1. The Hall–Kier alpha value is -2.80. The van der Waals surface area contributed by atoms with Gasteiger partial charge in [0, 0.05) is 19.0 Å². The summed E-state index contributed by atoms with van der Waals surface area (Å²) in [6, 6.07) is 12.0. The highest BCUT2D eigenvalue weighted by molar-refractivity contribution is 7.89. The van der Waals surface area contributed by atoms with Crippen LogP contribution in [0.4, 0.5) is 5.13 Å². The van der Waals surface area contributed by atoms with Crippen LogP contribution in [-0.4, -0.2) is 36.7 Å². The van der Waals surface area contributed by atoms with Gasteiger partial charge in [0.15, 0.2) is 5.13 Å². The second-order valence-corrected chi connectivity index (χ2v) is 10.7. The maximum Gasteiger partial charge on any atom is 0.243 e. The third-order valence-corrected chi connectivity index (χ3v) is 8.53. The molecule has 1 amide bonds. The molecule has 3 aromatic rings. The summed E-state index contributed by atoms with van der Waals surface area (Å²) in [7, 11) is -3.64. The van der Waals surface area contributed by atoms with E-state index in [1.165, 1.54) is 39.9 Å². The standard InChI is InChI=1S/C22H22N4O3S2/c1-14-11-15(2)20-19(12-14)24-22(30-20)25-21(27)17-7-9-26(10-8-17)31(28,29)18-5-3-16(13-23)4-6-18/h3-6,11-12,17H,7-10H2,1-2H3,(H,24,25,27). The van der Waals surface area contributed by atoms with Gasteiger partial charge in [0.25, 0.3) is 0 Å². The summed E-state index contributed by atoms with van der Waals surface area (Å²) < 4.78 is 28.2. The van der Waals surface area contributed by atoms with Gasteiger partial charge in [-0.05, 0) is 68.1 Å². The zero-order valence-electron chi connectivity index (χ0n) is 17.3. The number of aromatic nitrogens is 1. The number of nitrogens with zero attached hydrogens (tertiary/aromatic N) is 3. The number of aryl methyl sites for hydroxylation is 2. The van der Waals surface area contributed by atoms with Crippen molar-refractivity contribution in [3.63, 3.8) is 0 Å². The van der Waals surface area contributed by atoms with Crippen molar-refractivity contribution in [2.45, 2.75) is 31.6 Å². The number of thiazole rings is 1. The molecule has 0 saturated carbocycles. The molecule has 0 bridgehead atoms. The Morgan fingerprint density at radius 3 is 2.52 bits per heavy atom. The average Bonchev–Trinajstić information content (AvgIpc) is 3.16. The van der Waals surface area contributed by atoms with Crippen molar-refractivity contribution in [1.82, 2.24) is 9.29 Å². The summed E-state index contributed by atoms with van der Waals surface area (Å²) in [5.41, 5.74) is 3.55. The molecule has 31 heavy (non-hydrogen) atoms. The predicted octanol–water partition coefficient (Wildman–Crippen LogP) is 3.82. The van der Waals surface area contributed by atoms with Crippen LogP contribution in [0.1, 0.15) is 29.5 Å². The van der Waals surface area contributed by atoms with Gasteiger partial charge in [-0.15, -0.1) is 0 Å². The molecule has 2 aromatic carbocycles. The Labute approximate surface area is 185 Å². The smallest absolute Gasteiger partial charge is 0.243 e. The van der Waals surface area contributed by atoms with Crippen LogP contribution in [0.2, 0.25) is 0 Å². The topological polar surface area (TPSA) is 103 Å². The molecule has 160 valence electrons. The predicted molar refractivity (Wildman–Crippen MR) is 120 cm³/mol. The molecule has 0 spiro atoms. The van der Waals surface area contributed by atoms with Gasteiger partial charge in [-0.3, -0.25) is 4.79 Å². The van der Waals surface area contributed by atoms with E-state index in [9.17, 15) is 13.2 Å². The third kappa shape index (κ3) is 4.32. The lowest BCUT2D eigenvalue weighted by Crippen LogP contribution is -2.41. The van der Waals surface area contributed by atoms with Crippen molar-refractivity contribution in [1.29, 1.82) is 5.26 Å². The number of carbonyl (C=O) groups excluding carboxylic acids is 1. The van der Waals surface area contributed by atoms with E-state index in [-0.39, 0.29) is 29.8 Å². The van der Waals surface area contributed by atoms with Crippen LogP contribution < -0.4 is 5.32 Å². The number of benzene rings is 2. The minimum absolute atomic E-state index is 0.121. The number of nitrogens with one attached hydrogen (secondary N) is 1. The fourth-order valence-electron chi connectivity index (χ4n) is 3.85. The van der Waals surface area contributed by atoms with E-state index < -0.39 is 10.0 Å². The van der Waals surface area contributed by atoms with Crippen molar-refractivity contribution in [3.8, 4) is 6.07 Å². The zero-order valence-corrected chi connectivity index (χ0v) is 18.9. The molecule has 2 heterocycles. The molecule has 0 atom stereocenters. The number of hydrogen-bond acceptors (Lipinski definition) is 6. The van der Waals surface area contributed by atoms with Gasteiger partial charge in [0.05, 0.1) is 26.7 Å². The Morgan fingerprint density at radius 2 is 1.87 bits per heavy atom. The molecule has 1 aliphatic rings. The summed E-state index contributed by atoms with van der Waals surface area (Å²) in [6.07, 6.45) is 0.898. The van der Waals surface area contributed by atoms with Gasteiger partial charge in [-0.25, -0.2) is 13.4 Å². The first kappa shape index (κ1) is 21.4. The van der Waals surface area contributed by atoms with E-state index in [2.05, 4.69) is 16.4 Å². The summed E-state index contributed by atoms with van der Waals surface area (Å²) in [5, 5.41) is 12.4. The van der Waals surface area contributed by atoms with Crippen LogP contribution >= 0.6 is 11.3 Å². The highest BCUT2D eigenvalue weighted by Crippen LogP contribution is 2.31. The quantitative estimate of drug-likeness (QED) is 0.645. The summed E-state index contributed by atoms with van der Waals surface area (Å²) in [4.78, 5) is 17.4. The van der Waals surface area contributed by atoms with Gasteiger partial charge in [0.2, 0.25) is 15.9 Å². The van der Waals surface area contributed by atoms with Crippen LogP contribution in [0, 0.1) is 31.1 Å². The SMILES string of the molecule is Cc1cc(C)c2sc(NC(=O)C3CCN(S(=O)(=O)c4ccc(C#N)cc4)CC3)nc2c1.